The molecule has 1 N–H and O–H groups in total. The SMILES string of the molecule is COC1=CC(Cc2cnc(Cl)c(C#N)c2Cl)(OC)C(F)C(NC(=O)Cl)=C1F. The van der Waals surface area contributed by atoms with Crippen molar-refractivity contribution < 1.29 is 23.0 Å². The number of halogens is 5. The Balaban J connectivity index is 2.58. The summed E-state index contributed by atoms with van der Waals surface area (Å²) < 4.78 is 39.9. The van der Waals surface area contributed by atoms with Crippen LogP contribution in [0.3, 0.4) is 0 Å². The van der Waals surface area contributed by atoms with Gasteiger partial charge in [0.2, 0.25) is 0 Å². The molecule has 6 nitrogen and oxygen atoms in total. The number of alkyl halides is 1. The Kier molecular flexibility index (Phi) is 6.65. The maximum absolute atomic E-state index is 15.2. The van der Waals surface area contributed by atoms with Crippen molar-refractivity contribution in [1.29, 1.82) is 5.26 Å². The number of nitrogens with zero attached hydrogens (tertiary/aromatic N) is 2. The van der Waals surface area contributed by atoms with Crippen molar-refractivity contribution in [2.45, 2.75) is 18.2 Å². The van der Waals surface area contributed by atoms with E-state index < -0.39 is 28.7 Å². The summed E-state index contributed by atoms with van der Waals surface area (Å²) in [7, 11) is 2.34. The first-order valence-electron chi connectivity index (χ1n) is 7.26. The van der Waals surface area contributed by atoms with Crippen LogP contribution in [0.4, 0.5) is 13.6 Å². The molecule has 0 bridgehead atoms. The predicted octanol–water partition coefficient (Wildman–Crippen LogP) is 4.20. The van der Waals surface area contributed by atoms with E-state index in [2.05, 4.69) is 4.98 Å². The molecule has 0 saturated heterocycles. The van der Waals surface area contributed by atoms with E-state index in [1.54, 1.807) is 6.07 Å². The molecule has 0 fully saturated rings. The summed E-state index contributed by atoms with van der Waals surface area (Å²) in [5, 5.41) is 9.68. The Morgan fingerprint density at radius 3 is 2.67 bits per heavy atom. The summed E-state index contributed by atoms with van der Waals surface area (Å²) in [6.45, 7) is 0. The van der Waals surface area contributed by atoms with E-state index in [-0.39, 0.29) is 33.5 Å². The second kappa shape index (κ2) is 8.40. The van der Waals surface area contributed by atoms with Crippen LogP contribution < -0.4 is 5.32 Å². The molecule has 0 saturated carbocycles. The smallest absolute Gasteiger partial charge is 0.318 e. The number of allylic oxidation sites excluding steroid dienone is 1. The summed E-state index contributed by atoms with van der Waals surface area (Å²) in [5.41, 5.74) is -2.47. The average molecular weight is 439 g/mol. The minimum absolute atomic E-state index is 0.0496. The maximum Gasteiger partial charge on any atom is 0.318 e. The number of rotatable bonds is 5. The normalized spacial score (nSPS) is 22.1. The van der Waals surface area contributed by atoms with Crippen LogP contribution in [-0.4, -0.2) is 36.3 Å². The van der Waals surface area contributed by atoms with Gasteiger partial charge < -0.3 is 14.8 Å². The lowest BCUT2D eigenvalue weighted by Crippen LogP contribution is -2.49. The molecule has 2 atom stereocenters. The van der Waals surface area contributed by atoms with Gasteiger partial charge in [0.25, 0.3) is 0 Å². The second-order valence-electron chi connectivity index (χ2n) is 5.41. The van der Waals surface area contributed by atoms with Crippen molar-refractivity contribution in [1.82, 2.24) is 10.3 Å². The Morgan fingerprint density at radius 2 is 2.15 bits per heavy atom. The highest BCUT2D eigenvalue weighted by molar-refractivity contribution is 6.63. The van der Waals surface area contributed by atoms with Gasteiger partial charge in [0, 0.05) is 19.7 Å². The standard InChI is InChI=1S/C16H12Cl3F2N3O3/c1-26-9-4-16(27-2,13(21)12(11(9)20)24-15(19)25)3-7-6-23-14(18)8(5-22)10(7)17/h4,6,13H,3H2,1-2H3,(H,24,25). The van der Waals surface area contributed by atoms with E-state index in [9.17, 15) is 9.18 Å². The van der Waals surface area contributed by atoms with E-state index in [0.29, 0.717) is 0 Å². The molecule has 0 radical (unpaired) electrons. The molecular weight excluding hydrogens is 427 g/mol. The first-order valence-corrected chi connectivity index (χ1v) is 8.39. The molecule has 1 amide bonds. The molecule has 0 aliphatic heterocycles. The number of hydrogen-bond donors (Lipinski definition) is 1. The molecule has 2 rings (SSSR count). The predicted molar refractivity (Wildman–Crippen MR) is 94.9 cm³/mol. The van der Waals surface area contributed by atoms with Gasteiger partial charge >= 0.3 is 5.37 Å². The van der Waals surface area contributed by atoms with Gasteiger partial charge in [0.1, 0.15) is 22.4 Å². The lowest BCUT2D eigenvalue weighted by Gasteiger charge is -2.37. The number of methoxy groups -OCH3 is 2. The van der Waals surface area contributed by atoms with Crippen molar-refractivity contribution in [3.63, 3.8) is 0 Å². The van der Waals surface area contributed by atoms with Crippen LogP contribution in [0.15, 0.2) is 29.6 Å². The molecule has 27 heavy (non-hydrogen) atoms. The van der Waals surface area contributed by atoms with Gasteiger partial charge in [0.15, 0.2) is 17.8 Å². The zero-order valence-corrected chi connectivity index (χ0v) is 16.2. The van der Waals surface area contributed by atoms with Gasteiger partial charge in [-0.25, -0.2) is 13.8 Å². The molecule has 1 heterocycles. The summed E-state index contributed by atoms with van der Waals surface area (Å²) in [5.74, 6) is -1.51. The van der Waals surface area contributed by atoms with E-state index >= 15 is 4.39 Å². The molecule has 1 aliphatic carbocycles. The number of aromatic nitrogens is 1. The van der Waals surface area contributed by atoms with E-state index in [1.165, 1.54) is 13.3 Å². The topological polar surface area (TPSA) is 84.2 Å². The summed E-state index contributed by atoms with van der Waals surface area (Å²) in [6.07, 6.45) is -0.132. The van der Waals surface area contributed by atoms with Crippen LogP contribution >= 0.6 is 34.8 Å². The second-order valence-corrected chi connectivity index (χ2v) is 6.49. The number of carbonyl (C=O) groups is 1. The minimum Gasteiger partial charge on any atom is -0.494 e. The Morgan fingerprint density at radius 1 is 1.48 bits per heavy atom. The third-order valence-electron chi connectivity index (χ3n) is 3.96. The first-order chi connectivity index (χ1) is 12.7. The molecule has 11 heteroatoms. The lowest BCUT2D eigenvalue weighted by atomic mass is 9.84. The fourth-order valence-corrected chi connectivity index (χ4v) is 3.20. The third kappa shape index (κ3) is 4.01. The summed E-state index contributed by atoms with van der Waals surface area (Å²) in [6, 6.07) is 1.80. The largest absolute Gasteiger partial charge is 0.494 e. The number of pyridine rings is 1. The zero-order chi connectivity index (χ0) is 20.4. The van der Waals surface area contributed by atoms with Crippen LogP contribution in [-0.2, 0) is 15.9 Å². The molecule has 2 unspecified atom stereocenters. The van der Waals surface area contributed by atoms with Crippen molar-refractivity contribution in [3.05, 3.63) is 50.9 Å². The zero-order valence-electron chi connectivity index (χ0n) is 13.9. The fourth-order valence-electron chi connectivity index (χ4n) is 2.62. The fraction of sp³-hybridized carbons (Fsp3) is 0.312. The van der Waals surface area contributed by atoms with Crippen molar-refractivity contribution in [3.8, 4) is 6.07 Å². The number of amides is 1. The van der Waals surface area contributed by atoms with E-state index in [4.69, 9.17) is 49.5 Å². The van der Waals surface area contributed by atoms with Gasteiger partial charge in [-0.1, -0.05) is 23.2 Å². The first kappa shape index (κ1) is 21.4. The van der Waals surface area contributed by atoms with Crippen molar-refractivity contribution in [2.24, 2.45) is 0 Å². The Hall–Kier alpha value is -1.92. The third-order valence-corrected chi connectivity index (χ3v) is 4.78. The number of nitriles is 1. The van der Waals surface area contributed by atoms with Gasteiger partial charge in [0.05, 0.1) is 17.8 Å². The molecule has 1 aromatic rings. The molecule has 1 aromatic heterocycles. The van der Waals surface area contributed by atoms with Crippen LogP contribution in [0.2, 0.25) is 10.2 Å². The van der Waals surface area contributed by atoms with Crippen LogP contribution in [0, 0.1) is 11.3 Å². The highest BCUT2D eigenvalue weighted by Gasteiger charge is 2.47. The highest BCUT2D eigenvalue weighted by atomic mass is 35.5. The lowest BCUT2D eigenvalue weighted by molar-refractivity contribution is -0.0276. The summed E-state index contributed by atoms with van der Waals surface area (Å²) in [4.78, 5) is 15.0. The number of hydrogen-bond acceptors (Lipinski definition) is 5. The van der Waals surface area contributed by atoms with Crippen LogP contribution in [0.5, 0.6) is 0 Å². The molecule has 0 aromatic carbocycles. The maximum atomic E-state index is 15.2. The van der Waals surface area contributed by atoms with Crippen molar-refractivity contribution >= 4 is 40.2 Å². The minimum atomic E-state index is -2.18. The quantitative estimate of drug-likeness (QED) is 0.423. The van der Waals surface area contributed by atoms with Crippen LogP contribution in [0.25, 0.3) is 0 Å². The molecule has 1 aliphatic rings. The monoisotopic (exact) mass is 437 g/mol. The molecular formula is C16H12Cl3F2N3O3. The molecule has 144 valence electrons. The Labute approximate surface area is 168 Å². The Bertz CT molecular complexity index is 886. The van der Waals surface area contributed by atoms with Crippen LogP contribution in [0.1, 0.15) is 11.1 Å². The highest BCUT2D eigenvalue weighted by Crippen LogP contribution is 2.40. The number of nitrogens with one attached hydrogen (secondary N) is 1. The summed E-state index contributed by atoms with van der Waals surface area (Å²) >= 11 is 17.2. The van der Waals surface area contributed by atoms with Crippen molar-refractivity contribution in [2.75, 3.05) is 14.2 Å². The van der Waals surface area contributed by atoms with Gasteiger partial charge in [-0.15, -0.1) is 0 Å². The van der Waals surface area contributed by atoms with Gasteiger partial charge in [-0.3, -0.25) is 4.79 Å². The molecule has 0 spiro atoms. The van der Waals surface area contributed by atoms with E-state index in [0.717, 1.165) is 13.2 Å². The van der Waals surface area contributed by atoms with E-state index in [1.807, 2.05) is 5.32 Å². The number of ether oxygens (including phenoxy) is 2. The van der Waals surface area contributed by atoms with Gasteiger partial charge in [-0.2, -0.15) is 5.26 Å². The van der Waals surface area contributed by atoms with Gasteiger partial charge in [-0.05, 0) is 23.2 Å². The average Bonchev–Trinajstić information content (AvgIpc) is 2.63. The number of carbonyl (C=O) groups excluding carboxylic acids is 1.